The van der Waals surface area contributed by atoms with Crippen molar-refractivity contribution in [3.8, 4) is 22.9 Å². The van der Waals surface area contributed by atoms with Crippen LogP contribution < -0.4 is 10.1 Å². The molecule has 0 fully saturated rings. The van der Waals surface area contributed by atoms with Crippen LogP contribution in [-0.4, -0.2) is 22.4 Å². The number of nitrogens with one attached hydrogen (secondary N) is 1. The molecule has 5 nitrogen and oxygen atoms in total. The Labute approximate surface area is 176 Å². The highest BCUT2D eigenvalue weighted by Crippen LogP contribution is 2.22. The van der Waals surface area contributed by atoms with Crippen molar-refractivity contribution in [1.29, 1.82) is 0 Å². The standard InChI is InChI=1S/C25H25N3O2/c29-24(26-16-15-19-7-3-1-4-8-19)21-13-11-20(12-14-21)22-17-27-25(28-18-22)30-23-9-5-2-6-10-23/h2,5-7,9-14,17-18H,1,3-4,8,15-16H2,(H,26,29). The summed E-state index contributed by atoms with van der Waals surface area (Å²) in [4.78, 5) is 20.9. The van der Waals surface area contributed by atoms with E-state index >= 15 is 0 Å². The first-order valence-electron chi connectivity index (χ1n) is 10.4. The van der Waals surface area contributed by atoms with Crippen molar-refractivity contribution in [2.24, 2.45) is 0 Å². The number of carbonyl (C=O) groups excluding carboxylic acids is 1. The van der Waals surface area contributed by atoms with E-state index < -0.39 is 0 Å². The van der Waals surface area contributed by atoms with E-state index in [9.17, 15) is 4.79 Å². The summed E-state index contributed by atoms with van der Waals surface area (Å²) in [7, 11) is 0. The van der Waals surface area contributed by atoms with Crippen LogP contribution >= 0.6 is 0 Å². The van der Waals surface area contributed by atoms with Crippen molar-refractivity contribution in [2.45, 2.75) is 32.1 Å². The van der Waals surface area contributed by atoms with E-state index in [1.807, 2.05) is 54.6 Å². The summed E-state index contributed by atoms with van der Waals surface area (Å²) in [5.41, 5.74) is 3.94. The minimum atomic E-state index is -0.0409. The average Bonchev–Trinajstić information content (AvgIpc) is 2.81. The number of allylic oxidation sites excluding steroid dienone is 1. The molecule has 0 atom stereocenters. The number of ether oxygens (including phenoxy) is 1. The monoisotopic (exact) mass is 399 g/mol. The number of hydrogen-bond acceptors (Lipinski definition) is 4. The molecule has 3 aromatic rings. The van der Waals surface area contributed by atoms with Gasteiger partial charge in [-0.1, -0.05) is 42.0 Å². The molecule has 2 aromatic carbocycles. The van der Waals surface area contributed by atoms with Gasteiger partial charge >= 0.3 is 6.01 Å². The summed E-state index contributed by atoms with van der Waals surface area (Å²) in [6.45, 7) is 0.684. The molecule has 1 amide bonds. The Morgan fingerprint density at radius 2 is 1.70 bits per heavy atom. The Bertz CT molecular complexity index is 997. The molecule has 0 unspecified atom stereocenters. The average molecular weight is 399 g/mol. The van der Waals surface area contributed by atoms with Crippen molar-refractivity contribution in [1.82, 2.24) is 15.3 Å². The molecule has 30 heavy (non-hydrogen) atoms. The molecule has 1 N–H and O–H groups in total. The lowest BCUT2D eigenvalue weighted by atomic mass is 9.97. The molecule has 4 rings (SSSR count). The van der Waals surface area contributed by atoms with Gasteiger partial charge in [0, 0.05) is 30.1 Å². The molecule has 0 bridgehead atoms. The Balaban J connectivity index is 1.32. The molecule has 1 heterocycles. The number of benzene rings is 2. The first-order chi connectivity index (χ1) is 14.8. The molecule has 152 valence electrons. The summed E-state index contributed by atoms with van der Waals surface area (Å²) < 4.78 is 5.62. The molecular formula is C25H25N3O2. The van der Waals surface area contributed by atoms with Crippen LogP contribution in [-0.2, 0) is 0 Å². The first-order valence-corrected chi connectivity index (χ1v) is 10.4. The molecule has 0 aliphatic heterocycles. The Morgan fingerprint density at radius 3 is 2.40 bits per heavy atom. The van der Waals surface area contributed by atoms with Crippen LogP contribution in [0.1, 0.15) is 42.5 Å². The van der Waals surface area contributed by atoms with Gasteiger partial charge in [-0.25, -0.2) is 9.97 Å². The number of hydrogen-bond donors (Lipinski definition) is 1. The highest BCUT2D eigenvalue weighted by molar-refractivity contribution is 5.94. The SMILES string of the molecule is O=C(NCCC1=CCCCC1)c1ccc(-c2cnc(Oc3ccccc3)nc2)cc1. The number of amides is 1. The molecule has 0 saturated carbocycles. The van der Waals surface area contributed by atoms with E-state index in [1.165, 1.54) is 31.3 Å². The quantitative estimate of drug-likeness (QED) is 0.529. The molecular weight excluding hydrogens is 374 g/mol. The zero-order valence-electron chi connectivity index (χ0n) is 16.9. The van der Waals surface area contributed by atoms with Crippen LogP contribution in [0.15, 0.2) is 78.6 Å². The zero-order chi connectivity index (χ0) is 20.6. The summed E-state index contributed by atoms with van der Waals surface area (Å²) >= 11 is 0. The molecule has 0 spiro atoms. The zero-order valence-corrected chi connectivity index (χ0v) is 16.9. The van der Waals surface area contributed by atoms with E-state index in [4.69, 9.17) is 4.74 Å². The van der Waals surface area contributed by atoms with Crippen molar-refractivity contribution in [3.05, 3.63) is 84.2 Å². The van der Waals surface area contributed by atoms with Crippen LogP contribution in [0.3, 0.4) is 0 Å². The Hall–Kier alpha value is -3.47. The summed E-state index contributed by atoms with van der Waals surface area (Å²) in [5.74, 6) is 0.654. The van der Waals surface area contributed by atoms with E-state index in [1.54, 1.807) is 12.4 Å². The third-order valence-electron chi connectivity index (χ3n) is 5.18. The van der Waals surface area contributed by atoms with Gasteiger partial charge in [-0.15, -0.1) is 0 Å². The summed E-state index contributed by atoms with van der Waals surface area (Å²) in [6.07, 6.45) is 11.6. The van der Waals surface area contributed by atoms with Crippen molar-refractivity contribution >= 4 is 5.91 Å². The molecule has 5 heteroatoms. The van der Waals surface area contributed by atoms with Gasteiger partial charge in [0.2, 0.25) is 0 Å². The molecule has 0 saturated heterocycles. The molecule has 1 aliphatic rings. The van der Waals surface area contributed by atoms with E-state index in [0.717, 1.165) is 17.5 Å². The van der Waals surface area contributed by atoms with Gasteiger partial charge in [-0.05, 0) is 61.9 Å². The van der Waals surface area contributed by atoms with Crippen molar-refractivity contribution < 1.29 is 9.53 Å². The fourth-order valence-electron chi connectivity index (χ4n) is 3.50. The number of rotatable bonds is 7. The van der Waals surface area contributed by atoms with Crippen molar-refractivity contribution in [2.75, 3.05) is 6.54 Å². The minimum Gasteiger partial charge on any atom is -0.424 e. The number of para-hydroxylation sites is 1. The summed E-state index contributed by atoms with van der Waals surface area (Å²) in [5, 5.41) is 3.02. The lowest BCUT2D eigenvalue weighted by molar-refractivity contribution is 0.0954. The third kappa shape index (κ3) is 5.32. The highest BCUT2D eigenvalue weighted by Gasteiger charge is 2.08. The maximum Gasteiger partial charge on any atom is 0.321 e. The Morgan fingerprint density at radius 1 is 0.933 bits per heavy atom. The van der Waals surface area contributed by atoms with Gasteiger partial charge < -0.3 is 10.1 Å². The molecule has 1 aromatic heterocycles. The topological polar surface area (TPSA) is 64.1 Å². The van der Waals surface area contributed by atoms with Crippen LogP contribution in [0.2, 0.25) is 0 Å². The van der Waals surface area contributed by atoms with Gasteiger partial charge in [0.1, 0.15) is 5.75 Å². The second-order valence-electron chi connectivity index (χ2n) is 7.36. The predicted molar refractivity (Wildman–Crippen MR) is 117 cm³/mol. The fourth-order valence-corrected chi connectivity index (χ4v) is 3.50. The number of nitrogens with zero attached hydrogens (tertiary/aromatic N) is 2. The van der Waals surface area contributed by atoms with Gasteiger partial charge in [-0.2, -0.15) is 0 Å². The second-order valence-corrected chi connectivity index (χ2v) is 7.36. The number of carbonyl (C=O) groups is 1. The van der Waals surface area contributed by atoms with Crippen LogP contribution in [0.5, 0.6) is 11.8 Å². The Kier molecular flexibility index (Phi) is 6.50. The highest BCUT2D eigenvalue weighted by atomic mass is 16.5. The van der Waals surface area contributed by atoms with Crippen LogP contribution in [0.4, 0.5) is 0 Å². The predicted octanol–water partition coefficient (Wildman–Crippen LogP) is 5.56. The first kappa shape index (κ1) is 19.8. The van der Waals surface area contributed by atoms with Gasteiger partial charge in [-0.3, -0.25) is 4.79 Å². The van der Waals surface area contributed by atoms with E-state index in [2.05, 4.69) is 21.4 Å². The third-order valence-corrected chi connectivity index (χ3v) is 5.18. The summed E-state index contributed by atoms with van der Waals surface area (Å²) in [6, 6.07) is 17.2. The van der Waals surface area contributed by atoms with Crippen LogP contribution in [0, 0.1) is 0 Å². The van der Waals surface area contributed by atoms with Gasteiger partial charge in [0.25, 0.3) is 5.91 Å². The van der Waals surface area contributed by atoms with Crippen molar-refractivity contribution in [3.63, 3.8) is 0 Å². The number of aromatic nitrogens is 2. The molecule has 0 radical (unpaired) electrons. The second kappa shape index (κ2) is 9.83. The lowest BCUT2D eigenvalue weighted by Crippen LogP contribution is -2.24. The normalized spacial score (nSPS) is 13.4. The van der Waals surface area contributed by atoms with Crippen LogP contribution in [0.25, 0.3) is 11.1 Å². The minimum absolute atomic E-state index is 0.0409. The smallest absolute Gasteiger partial charge is 0.321 e. The van der Waals surface area contributed by atoms with Gasteiger partial charge in [0.05, 0.1) is 0 Å². The van der Waals surface area contributed by atoms with E-state index in [-0.39, 0.29) is 5.91 Å². The van der Waals surface area contributed by atoms with E-state index in [0.29, 0.717) is 23.9 Å². The molecule has 1 aliphatic carbocycles. The lowest BCUT2D eigenvalue weighted by Gasteiger charge is -2.13. The maximum atomic E-state index is 12.4. The maximum absolute atomic E-state index is 12.4. The largest absolute Gasteiger partial charge is 0.424 e. The van der Waals surface area contributed by atoms with Gasteiger partial charge in [0.15, 0.2) is 0 Å². The fraction of sp³-hybridized carbons (Fsp3) is 0.240.